The van der Waals surface area contributed by atoms with Gasteiger partial charge < -0.3 is 5.11 Å². The van der Waals surface area contributed by atoms with Gasteiger partial charge in [-0.15, -0.1) is 0 Å². The zero-order chi connectivity index (χ0) is 24.2. The third-order valence-corrected chi connectivity index (χ3v) is 6.86. The molecular formula is C27H18F4N2O. The second kappa shape index (κ2) is 7.97. The topological polar surface area (TPSA) is 48.4 Å². The van der Waals surface area contributed by atoms with Crippen LogP contribution in [0.2, 0.25) is 0 Å². The number of benzene rings is 3. The van der Waals surface area contributed by atoms with E-state index < -0.39 is 36.4 Å². The molecule has 0 spiro atoms. The summed E-state index contributed by atoms with van der Waals surface area (Å²) in [7, 11) is 0. The average Bonchev–Trinajstić information content (AvgIpc) is 3.07. The fourth-order valence-electron chi connectivity index (χ4n) is 5.40. The van der Waals surface area contributed by atoms with Gasteiger partial charge in [0.05, 0.1) is 18.2 Å². The number of nitriles is 1. The lowest BCUT2D eigenvalue weighted by Crippen LogP contribution is -2.22. The van der Waals surface area contributed by atoms with Gasteiger partial charge in [-0.2, -0.15) is 5.26 Å². The number of hydrogen-bond donors (Lipinski definition) is 1. The summed E-state index contributed by atoms with van der Waals surface area (Å²) in [5.41, 5.74) is 2.14. The molecule has 0 aromatic heterocycles. The van der Waals surface area contributed by atoms with Crippen LogP contribution in [0.25, 0.3) is 16.0 Å². The van der Waals surface area contributed by atoms with Crippen molar-refractivity contribution in [3.63, 3.8) is 0 Å². The summed E-state index contributed by atoms with van der Waals surface area (Å²) in [5.74, 6) is -4.75. The molecule has 0 heterocycles. The summed E-state index contributed by atoms with van der Waals surface area (Å²) in [6.45, 7) is 7.44. The molecule has 2 aliphatic carbocycles. The van der Waals surface area contributed by atoms with Crippen molar-refractivity contribution < 1.29 is 22.7 Å². The Morgan fingerprint density at radius 2 is 1.79 bits per heavy atom. The molecule has 3 aromatic rings. The Labute approximate surface area is 193 Å². The van der Waals surface area contributed by atoms with Crippen LogP contribution in [0.4, 0.5) is 23.2 Å². The molecule has 0 amide bonds. The van der Waals surface area contributed by atoms with Crippen LogP contribution in [0.15, 0.2) is 48.5 Å². The van der Waals surface area contributed by atoms with Gasteiger partial charge >= 0.3 is 0 Å². The van der Waals surface area contributed by atoms with Gasteiger partial charge in [0.15, 0.2) is 5.69 Å². The van der Waals surface area contributed by atoms with Crippen molar-refractivity contribution in [3.8, 4) is 17.2 Å². The highest BCUT2D eigenvalue weighted by Gasteiger charge is 2.50. The SMILES string of the molecule is [C-]#[N+]c1ccccc1-c1ccc([C@H]2CC[C@H](F)c3cc(F)cc(C#N)c32)c2c1[C@H](O)C(F)(F)C2. The molecule has 2 aliphatic rings. The van der Waals surface area contributed by atoms with E-state index in [-0.39, 0.29) is 40.8 Å². The van der Waals surface area contributed by atoms with Crippen molar-refractivity contribution in [1.29, 1.82) is 5.26 Å². The van der Waals surface area contributed by atoms with Gasteiger partial charge in [-0.25, -0.2) is 22.4 Å². The third-order valence-electron chi connectivity index (χ3n) is 6.86. The number of halogens is 4. The molecule has 0 saturated heterocycles. The molecule has 0 bridgehead atoms. The maximum Gasteiger partial charge on any atom is 0.281 e. The fourth-order valence-corrected chi connectivity index (χ4v) is 5.40. The summed E-state index contributed by atoms with van der Waals surface area (Å²) in [6.07, 6.45) is -3.94. The number of para-hydroxylation sites is 1. The summed E-state index contributed by atoms with van der Waals surface area (Å²) in [4.78, 5) is 3.48. The monoisotopic (exact) mass is 462 g/mol. The first-order valence-electron chi connectivity index (χ1n) is 10.8. The van der Waals surface area contributed by atoms with Gasteiger partial charge in [0.25, 0.3) is 5.92 Å². The van der Waals surface area contributed by atoms with Gasteiger partial charge in [-0.1, -0.05) is 36.4 Å². The van der Waals surface area contributed by atoms with Gasteiger partial charge in [0, 0.05) is 12.3 Å². The highest BCUT2D eigenvalue weighted by atomic mass is 19.3. The van der Waals surface area contributed by atoms with E-state index in [1.165, 1.54) is 0 Å². The van der Waals surface area contributed by atoms with Crippen LogP contribution >= 0.6 is 0 Å². The predicted molar refractivity (Wildman–Crippen MR) is 118 cm³/mol. The van der Waals surface area contributed by atoms with Crippen molar-refractivity contribution in [2.24, 2.45) is 0 Å². The number of rotatable bonds is 2. The lowest BCUT2D eigenvalue weighted by atomic mass is 9.74. The van der Waals surface area contributed by atoms with Gasteiger partial charge in [-0.3, -0.25) is 0 Å². The smallest absolute Gasteiger partial charge is 0.281 e. The lowest BCUT2D eigenvalue weighted by Gasteiger charge is -2.31. The van der Waals surface area contributed by atoms with E-state index in [0.717, 1.165) is 12.1 Å². The maximum absolute atomic E-state index is 14.8. The second-order valence-corrected chi connectivity index (χ2v) is 8.73. The largest absolute Gasteiger partial charge is 0.382 e. The van der Waals surface area contributed by atoms with E-state index >= 15 is 0 Å². The molecule has 34 heavy (non-hydrogen) atoms. The number of aliphatic hydroxyl groups is 1. The molecule has 1 N–H and O–H groups in total. The molecule has 0 saturated carbocycles. The fraction of sp³-hybridized carbons (Fsp3) is 0.259. The van der Waals surface area contributed by atoms with Crippen LogP contribution in [-0.4, -0.2) is 11.0 Å². The Bertz CT molecular complexity index is 1400. The summed E-state index contributed by atoms with van der Waals surface area (Å²) >= 11 is 0. The quantitative estimate of drug-likeness (QED) is 0.327. The molecule has 5 rings (SSSR count). The Hall–Kier alpha value is -3.68. The molecule has 0 unspecified atom stereocenters. The number of nitrogens with zero attached hydrogens (tertiary/aromatic N) is 2. The molecule has 0 fully saturated rings. The van der Waals surface area contributed by atoms with E-state index in [0.29, 0.717) is 22.3 Å². The molecular weight excluding hydrogens is 444 g/mol. The number of aliphatic hydroxyl groups excluding tert-OH is 1. The van der Waals surface area contributed by atoms with Crippen molar-refractivity contribution >= 4 is 5.69 Å². The molecule has 0 radical (unpaired) electrons. The van der Waals surface area contributed by atoms with Crippen LogP contribution in [0.3, 0.4) is 0 Å². The predicted octanol–water partition coefficient (Wildman–Crippen LogP) is 7.08. The van der Waals surface area contributed by atoms with Gasteiger partial charge in [0.1, 0.15) is 18.1 Å². The third kappa shape index (κ3) is 3.28. The first-order chi connectivity index (χ1) is 16.3. The van der Waals surface area contributed by atoms with Gasteiger partial charge in [-0.05, 0) is 63.9 Å². The molecule has 7 heteroatoms. The first kappa shape index (κ1) is 22.1. The Morgan fingerprint density at radius 3 is 2.53 bits per heavy atom. The number of fused-ring (bicyclic) bond motifs is 2. The molecule has 3 atom stereocenters. The molecule has 3 aromatic carbocycles. The Morgan fingerprint density at radius 1 is 1.03 bits per heavy atom. The average molecular weight is 462 g/mol. The van der Waals surface area contributed by atoms with Gasteiger partial charge in [0.2, 0.25) is 0 Å². The van der Waals surface area contributed by atoms with Crippen LogP contribution < -0.4 is 0 Å². The molecule has 0 aliphatic heterocycles. The van der Waals surface area contributed by atoms with E-state index in [4.69, 9.17) is 6.57 Å². The Kier molecular flexibility index (Phi) is 5.19. The van der Waals surface area contributed by atoms with Crippen molar-refractivity contribution in [3.05, 3.63) is 99.1 Å². The lowest BCUT2D eigenvalue weighted by molar-refractivity contribution is -0.0966. The normalized spacial score (nSPS) is 22.4. The summed E-state index contributed by atoms with van der Waals surface area (Å²) in [5, 5.41) is 20.2. The molecule has 170 valence electrons. The summed E-state index contributed by atoms with van der Waals surface area (Å²) < 4.78 is 58.5. The minimum absolute atomic E-state index is 0.0242. The van der Waals surface area contributed by atoms with E-state index in [1.54, 1.807) is 36.4 Å². The van der Waals surface area contributed by atoms with Crippen LogP contribution in [0.1, 0.15) is 64.4 Å². The van der Waals surface area contributed by atoms with Crippen molar-refractivity contribution in [2.75, 3.05) is 0 Å². The number of alkyl halides is 3. The van der Waals surface area contributed by atoms with E-state index in [2.05, 4.69) is 4.85 Å². The number of hydrogen-bond acceptors (Lipinski definition) is 2. The summed E-state index contributed by atoms with van der Waals surface area (Å²) in [6, 6.07) is 13.9. The highest BCUT2D eigenvalue weighted by molar-refractivity contribution is 5.82. The van der Waals surface area contributed by atoms with Crippen molar-refractivity contribution in [1.82, 2.24) is 0 Å². The van der Waals surface area contributed by atoms with Crippen LogP contribution in [-0.2, 0) is 6.42 Å². The minimum Gasteiger partial charge on any atom is -0.382 e. The second-order valence-electron chi connectivity index (χ2n) is 8.73. The zero-order valence-electron chi connectivity index (χ0n) is 17.8. The molecule has 3 nitrogen and oxygen atoms in total. The van der Waals surface area contributed by atoms with E-state index in [1.807, 2.05) is 6.07 Å². The Balaban J connectivity index is 1.77. The zero-order valence-corrected chi connectivity index (χ0v) is 17.8. The minimum atomic E-state index is -3.43. The highest BCUT2D eigenvalue weighted by Crippen LogP contribution is 2.53. The van der Waals surface area contributed by atoms with Crippen LogP contribution in [0.5, 0.6) is 0 Å². The first-order valence-corrected chi connectivity index (χ1v) is 10.8. The van der Waals surface area contributed by atoms with E-state index in [9.17, 15) is 27.9 Å². The standard InChI is InChI=1S/C27H18F4N2O/c1-33-23-5-3-2-4-17(23)19-7-6-16(21-12-27(30,31)26(34)25(19)21)18-8-9-22(29)20-11-15(28)10-14(13-32)24(18)20/h2-7,10-11,18,22,26,34H,8-9,12H2/t18-,22+,26+/m1/s1. The van der Waals surface area contributed by atoms with Crippen LogP contribution in [0, 0.1) is 23.7 Å². The van der Waals surface area contributed by atoms with Crippen molar-refractivity contribution in [2.45, 2.75) is 43.4 Å². The maximum atomic E-state index is 14.8.